The number of H-pyrrole nitrogens is 1. The molecule has 0 aliphatic carbocycles. The van der Waals surface area contributed by atoms with Crippen molar-refractivity contribution in [2.45, 2.75) is 32.7 Å². The summed E-state index contributed by atoms with van der Waals surface area (Å²) in [7, 11) is 0. The van der Waals surface area contributed by atoms with Gasteiger partial charge >= 0.3 is 0 Å². The van der Waals surface area contributed by atoms with Crippen LogP contribution >= 0.6 is 0 Å². The van der Waals surface area contributed by atoms with Crippen LogP contribution in [0.1, 0.15) is 33.8 Å². The minimum atomic E-state index is 0.143. The molecule has 4 rings (SSSR count). The maximum absolute atomic E-state index is 12.7. The standard InChI is InChI=1S/C19H20N6O/c1-13-5-6-14(11-20-13)9-19(26)25-8-7-17-15(3-2-4-16(17)12-25)10-18-21-23-24-22-18/h2-6,11H,7-10,12H2,1H3,(H,21,22,23,24). The van der Waals surface area contributed by atoms with Crippen LogP contribution in [0.4, 0.5) is 0 Å². The number of fused-ring (bicyclic) bond motifs is 1. The molecule has 1 aromatic carbocycles. The van der Waals surface area contributed by atoms with Crippen LogP contribution < -0.4 is 0 Å². The molecular formula is C19H20N6O. The van der Waals surface area contributed by atoms with Crippen molar-refractivity contribution in [2.75, 3.05) is 6.54 Å². The number of tetrazole rings is 1. The van der Waals surface area contributed by atoms with E-state index in [0.717, 1.165) is 24.2 Å². The molecule has 26 heavy (non-hydrogen) atoms. The van der Waals surface area contributed by atoms with Crippen LogP contribution in [-0.2, 0) is 30.6 Å². The van der Waals surface area contributed by atoms with Gasteiger partial charge in [0.2, 0.25) is 5.91 Å². The third-order valence-corrected chi connectivity index (χ3v) is 4.78. The number of hydrogen-bond donors (Lipinski definition) is 1. The van der Waals surface area contributed by atoms with E-state index in [2.05, 4.69) is 37.7 Å². The molecule has 0 saturated heterocycles. The Hall–Kier alpha value is -3.09. The van der Waals surface area contributed by atoms with Crippen molar-refractivity contribution in [1.29, 1.82) is 0 Å². The molecule has 7 nitrogen and oxygen atoms in total. The fourth-order valence-electron chi connectivity index (χ4n) is 3.38. The van der Waals surface area contributed by atoms with Crippen molar-refractivity contribution >= 4 is 5.91 Å². The molecule has 0 unspecified atom stereocenters. The second kappa shape index (κ2) is 7.03. The molecule has 1 N–H and O–H groups in total. The number of aromatic amines is 1. The summed E-state index contributed by atoms with van der Waals surface area (Å²) in [6.45, 7) is 3.32. The molecule has 7 heteroatoms. The number of carbonyl (C=O) groups is 1. The monoisotopic (exact) mass is 348 g/mol. The number of benzene rings is 1. The normalized spacial score (nSPS) is 13.5. The van der Waals surface area contributed by atoms with Crippen molar-refractivity contribution in [2.24, 2.45) is 0 Å². The average molecular weight is 348 g/mol. The van der Waals surface area contributed by atoms with E-state index in [0.29, 0.717) is 25.2 Å². The summed E-state index contributed by atoms with van der Waals surface area (Å²) in [6.07, 6.45) is 3.68. The van der Waals surface area contributed by atoms with Gasteiger partial charge < -0.3 is 4.90 Å². The SMILES string of the molecule is Cc1ccc(CC(=O)N2CCc3c(Cc4nn[nH]n4)cccc3C2)cn1. The van der Waals surface area contributed by atoms with Crippen molar-refractivity contribution < 1.29 is 4.79 Å². The highest BCUT2D eigenvalue weighted by Crippen LogP contribution is 2.24. The lowest BCUT2D eigenvalue weighted by atomic mass is 9.92. The highest BCUT2D eigenvalue weighted by Gasteiger charge is 2.23. The largest absolute Gasteiger partial charge is 0.338 e. The van der Waals surface area contributed by atoms with Crippen molar-refractivity contribution in [3.8, 4) is 0 Å². The predicted molar refractivity (Wildman–Crippen MR) is 95.2 cm³/mol. The Labute approximate surface area is 151 Å². The number of hydrogen-bond acceptors (Lipinski definition) is 5. The molecule has 1 aliphatic heterocycles. The van der Waals surface area contributed by atoms with Crippen molar-refractivity contribution in [3.63, 3.8) is 0 Å². The third-order valence-electron chi connectivity index (χ3n) is 4.78. The Morgan fingerprint density at radius 2 is 2.19 bits per heavy atom. The van der Waals surface area contributed by atoms with Gasteiger partial charge in [0, 0.05) is 31.4 Å². The highest BCUT2D eigenvalue weighted by molar-refractivity contribution is 5.79. The smallest absolute Gasteiger partial charge is 0.227 e. The van der Waals surface area contributed by atoms with E-state index in [1.54, 1.807) is 6.20 Å². The van der Waals surface area contributed by atoms with Crippen molar-refractivity contribution in [1.82, 2.24) is 30.5 Å². The number of carbonyl (C=O) groups excluding carboxylic acids is 1. The number of nitrogens with one attached hydrogen (secondary N) is 1. The zero-order valence-electron chi connectivity index (χ0n) is 14.6. The lowest BCUT2D eigenvalue weighted by Gasteiger charge is -2.30. The van der Waals surface area contributed by atoms with Gasteiger partial charge in [-0.3, -0.25) is 9.78 Å². The summed E-state index contributed by atoms with van der Waals surface area (Å²) in [4.78, 5) is 18.9. The van der Waals surface area contributed by atoms with Crippen LogP contribution in [0.15, 0.2) is 36.5 Å². The number of nitrogens with zero attached hydrogens (tertiary/aromatic N) is 5. The molecule has 132 valence electrons. The molecule has 1 amide bonds. The predicted octanol–water partition coefficient (Wildman–Crippen LogP) is 1.62. The number of rotatable bonds is 4. The van der Waals surface area contributed by atoms with Crippen LogP contribution in [0, 0.1) is 6.92 Å². The number of aromatic nitrogens is 5. The van der Waals surface area contributed by atoms with Crippen LogP contribution in [0.5, 0.6) is 0 Å². The molecule has 3 aromatic rings. The second-order valence-electron chi connectivity index (χ2n) is 6.61. The van der Waals surface area contributed by atoms with Gasteiger partial charge in [0.05, 0.1) is 6.42 Å². The number of amides is 1. The van der Waals surface area contributed by atoms with Crippen LogP contribution in [-0.4, -0.2) is 43.0 Å². The Morgan fingerprint density at radius 1 is 1.27 bits per heavy atom. The van der Waals surface area contributed by atoms with E-state index in [1.165, 1.54) is 16.7 Å². The molecule has 0 bridgehead atoms. The van der Waals surface area contributed by atoms with Gasteiger partial charge in [0.15, 0.2) is 5.82 Å². The van der Waals surface area contributed by atoms with Crippen molar-refractivity contribution in [3.05, 3.63) is 70.3 Å². The van der Waals surface area contributed by atoms with E-state index < -0.39 is 0 Å². The van der Waals surface area contributed by atoms with Gasteiger partial charge in [-0.25, -0.2) is 0 Å². The van der Waals surface area contributed by atoms with Gasteiger partial charge in [0.25, 0.3) is 0 Å². The van der Waals surface area contributed by atoms with E-state index in [4.69, 9.17) is 0 Å². The fourth-order valence-corrected chi connectivity index (χ4v) is 3.38. The van der Waals surface area contributed by atoms with Gasteiger partial charge in [0.1, 0.15) is 0 Å². The second-order valence-corrected chi connectivity index (χ2v) is 6.61. The zero-order valence-corrected chi connectivity index (χ0v) is 14.6. The van der Waals surface area contributed by atoms with Gasteiger partial charge in [-0.15, -0.1) is 10.2 Å². The van der Waals surface area contributed by atoms with Crippen LogP contribution in [0.3, 0.4) is 0 Å². The first kappa shape index (κ1) is 16.4. The average Bonchev–Trinajstić information content (AvgIpc) is 3.16. The van der Waals surface area contributed by atoms with Crippen LogP contribution in [0.2, 0.25) is 0 Å². The number of aryl methyl sites for hydroxylation is 1. The molecule has 3 heterocycles. The first-order valence-electron chi connectivity index (χ1n) is 8.70. The van der Waals surface area contributed by atoms with Gasteiger partial charge in [-0.2, -0.15) is 5.21 Å². The van der Waals surface area contributed by atoms with E-state index in [1.807, 2.05) is 30.0 Å². The summed E-state index contributed by atoms with van der Waals surface area (Å²) in [5, 5.41) is 14.2. The maximum Gasteiger partial charge on any atom is 0.227 e. The first-order valence-corrected chi connectivity index (χ1v) is 8.70. The van der Waals surface area contributed by atoms with E-state index in [-0.39, 0.29) is 5.91 Å². The minimum Gasteiger partial charge on any atom is -0.338 e. The Kier molecular flexibility index (Phi) is 4.43. The minimum absolute atomic E-state index is 0.143. The topological polar surface area (TPSA) is 87.7 Å². The lowest BCUT2D eigenvalue weighted by Crippen LogP contribution is -2.37. The Balaban J connectivity index is 1.47. The summed E-state index contributed by atoms with van der Waals surface area (Å²) in [6, 6.07) is 10.2. The first-order chi connectivity index (χ1) is 12.7. The Bertz CT molecular complexity index is 904. The molecule has 0 spiro atoms. The Morgan fingerprint density at radius 3 is 2.96 bits per heavy atom. The van der Waals surface area contributed by atoms with E-state index >= 15 is 0 Å². The molecule has 0 fully saturated rings. The summed E-state index contributed by atoms with van der Waals surface area (Å²) < 4.78 is 0. The fraction of sp³-hybridized carbons (Fsp3) is 0.316. The summed E-state index contributed by atoms with van der Waals surface area (Å²) >= 11 is 0. The van der Waals surface area contributed by atoms with E-state index in [9.17, 15) is 4.79 Å². The molecule has 0 saturated carbocycles. The molecule has 2 aromatic heterocycles. The molecule has 0 radical (unpaired) electrons. The maximum atomic E-state index is 12.7. The zero-order chi connectivity index (χ0) is 17.9. The molecular weight excluding hydrogens is 328 g/mol. The highest BCUT2D eigenvalue weighted by atomic mass is 16.2. The number of pyridine rings is 1. The molecule has 1 aliphatic rings. The third kappa shape index (κ3) is 3.46. The lowest BCUT2D eigenvalue weighted by molar-refractivity contribution is -0.131. The van der Waals surface area contributed by atoms with Gasteiger partial charge in [-0.1, -0.05) is 29.5 Å². The van der Waals surface area contributed by atoms with Gasteiger partial charge in [-0.05, 0) is 41.7 Å². The summed E-state index contributed by atoms with van der Waals surface area (Å²) in [5.41, 5.74) is 5.63. The van der Waals surface area contributed by atoms with Crippen LogP contribution in [0.25, 0.3) is 0 Å². The molecule has 0 atom stereocenters. The quantitative estimate of drug-likeness (QED) is 0.774. The summed E-state index contributed by atoms with van der Waals surface area (Å²) in [5.74, 6) is 0.827.